The molecule has 2 aromatic carbocycles. The number of rotatable bonds is 1. The van der Waals surface area contributed by atoms with Gasteiger partial charge in [0.1, 0.15) is 5.69 Å². The second-order valence-corrected chi connectivity index (χ2v) is 4.18. The number of halogens is 3. The summed E-state index contributed by atoms with van der Waals surface area (Å²) in [5.41, 5.74) is -0.215. The second-order valence-electron chi connectivity index (χ2n) is 4.18. The Morgan fingerprint density at radius 1 is 0.895 bits per heavy atom. The van der Waals surface area contributed by atoms with E-state index in [4.69, 9.17) is 0 Å². The molecule has 0 fully saturated rings. The summed E-state index contributed by atoms with van der Waals surface area (Å²) in [6, 6.07) is 12.6. The van der Waals surface area contributed by atoms with Crippen molar-refractivity contribution < 1.29 is 13.2 Å². The molecule has 19 heavy (non-hydrogen) atoms. The zero-order valence-electron chi connectivity index (χ0n) is 9.70. The van der Waals surface area contributed by atoms with Crippen LogP contribution in [0.3, 0.4) is 0 Å². The number of nitrogens with zero attached hydrogens (tertiary/aromatic N) is 1. The maximum absolute atomic E-state index is 12.9. The van der Waals surface area contributed by atoms with E-state index in [1.807, 2.05) is 23.3 Å². The van der Waals surface area contributed by atoms with E-state index in [1.54, 1.807) is 24.3 Å². The van der Waals surface area contributed by atoms with Gasteiger partial charge in [0.05, 0.1) is 6.20 Å². The summed E-state index contributed by atoms with van der Waals surface area (Å²) in [6.45, 7) is 0. The molecule has 1 heterocycles. The molecule has 0 unspecified atom stereocenters. The van der Waals surface area contributed by atoms with Crippen LogP contribution in [0.5, 0.6) is 0 Å². The van der Waals surface area contributed by atoms with Crippen LogP contribution in [-0.2, 0) is 6.18 Å². The van der Waals surface area contributed by atoms with Crippen molar-refractivity contribution in [1.29, 1.82) is 0 Å². The molecule has 1 N–H and O–H groups in total. The Morgan fingerprint density at radius 2 is 1.63 bits per heavy atom. The topological polar surface area (TPSA) is 28.7 Å². The summed E-state index contributed by atoms with van der Waals surface area (Å²) in [5, 5.41) is 7.23. The van der Waals surface area contributed by atoms with Gasteiger partial charge in [-0.2, -0.15) is 18.3 Å². The van der Waals surface area contributed by atoms with Crippen molar-refractivity contribution in [3.63, 3.8) is 0 Å². The van der Waals surface area contributed by atoms with Gasteiger partial charge in [-0.3, -0.25) is 5.10 Å². The van der Waals surface area contributed by atoms with Gasteiger partial charge >= 0.3 is 6.18 Å². The van der Waals surface area contributed by atoms with Crippen LogP contribution in [0.2, 0.25) is 0 Å². The molecule has 0 atom stereocenters. The number of fused-ring (bicyclic) bond motifs is 1. The summed E-state index contributed by atoms with van der Waals surface area (Å²) in [7, 11) is 0. The predicted molar refractivity (Wildman–Crippen MR) is 66.5 cm³/mol. The van der Waals surface area contributed by atoms with Gasteiger partial charge in [0, 0.05) is 5.56 Å². The number of hydrogen-bond donors (Lipinski definition) is 1. The van der Waals surface area contributed by atoms with Crippen LogP contribution in [-0.4, -0.2) is 10.2 Å². The van der Waals surface area contributed by atoms with Gasteiger partial charge in [-0.05, 0) is 16.3 Å². The zero-order chi connectivity index (χ0) is 13.5. The molecule has 0 saturated carbocycles. The van der Waals surface area contributed by atoms with Crippen LogP contribution in [0, 0.1) is 0 Å². The minimum Gasteiger partial charge on any atom is -0.273 e. The van der Waals surface area contributed by atoms with Gasteiger partial charge in [0.25, 0.3) is 0 Å². The third-order valence-corrected chi connectivity index (χ3v) is 3.00. The molecule has 0 bridgehead atoms. The highest BCUT2D eigenvalue weighted by Gasteiger charge is 2.36. The Labute approximate surface area is 106 Å². The standard InChI is InChI=1S/C14H9F3N2/c15-14(16,17)13-12(8-18-19-13)11-7-3-5-9-4-1-2-6-10(9)11/h1-8H,(H,18,19). The van der Waals surface area contributed by atoms with Crippen LogP contribution in [0.15, 0.2) is 48.7 Å². The molecule has 2 nitrogen and oxygen atoms in total. The maximum atomic E-state index is 12.9. The number of H-pyrrole nitrogens is 1. The summed E-state index contributed by atoms with van der Waals surface area (Å²) < 4.78 is 38.7. The highest BCUT2D eigenvalue weighted by Crippen LogP contribution is 2.37. The van der Waals surface area contributed by atoms with E-state index in [9.17, 15) is 13.2 Å². The van der Waals surface area contributed by atoms with Gasteiger partial charge in [-0.15, -0.1) is 0 Å². The van der Waals surface area contributed by atoms with Crippen molar-refractivity contribution >= 4 is 10.8 Å². The van der Waals surface area contributed by atoms with E-state index in [2.05, 4.69) is 5.10 Å². The third kappa shape index (κ3) is 1.97. The van der Waals surface area contributed by atoms with Crippen molar-refractivity contribution in [3.05, 3.63) is 54.4 Å². The van der Waals surface area contributed by atoms with Gasteiger partial charge in [-0.25, -0.2) is 0 Å². The molecule has 0 aliphatic heterocycles. The molecule has 3 rings (SSSR count). The monoisotopic (exact) mass is 262 g/mol. The number of aromatic nitrogens is 2. The van der Waals surface area contributed by atoms with Crippen molar-refractivity contribution in [3.8, 4) is 11.1 Å². The molecule has 0 radical (unpaired) electrons. The first kappa shape index (κ1) is 11.8. The molecule has 5 heteroatoms. The first-order valence-corrected chi connectivity index (χ1v) is 5.66. The highest BCUT2D eigenvalue weighted by atomic mass is 19.4. The van der Waals surface area contributed by atoms with Gasteiger partial charge in [0.15, 0.2) is 0 Å². The fraction of sp³-hybridized carbons (Fsp3) is 0.0714. The summed E-state index contributed by atoms with van der Waals surface area (Å²) in [5.74, 6) is 0. The van der Waals surface area contributed by atoms with Gasteiger partial charge in [0.2, 0.25) is 0 Å². The Hall–Kier alpha value is -2.30. The smallest absolute Gasteiger partial charge is 0.273 e. The lowest BCUT2D eigenvalue weighted by atomic mass is 9.98. The SMILES string of the molecule is FC(F)(F)c1[nH]ncc1-c1cccc2ccccc12. The lowest BCUT2D eigenvalue weighted by Crippen LogP contribution is -2.07. The minimum absolute atomic E-state index is 0.0734. The first-order chi connectivity index (χ1) is 9.07. The second kappa shape index (κ2) is 4.12. The summed E-state index contributed by atoms with van der Waals surface area (Å²) in [6.07, 6.45) is -3.23. The lowest BCUT2D eigenvalue weighted by Gasteiger charge is -2.09. The van der Waals surface area contributed by atoms with Gasteiger partial charge in [-0.1, -0.05) is 42.5 Å². The molecule has 0 saturated heterocycles. The van der Waals surface area contributed by atoms with Crippen molar-refractivity contribution in [2.75, 3.05) is 0 Å². The lowest BCUT2D eigenvalue weighted by molar-refractivity contribution is -0.140. The Morgan fingerprint density at radius 3 is 2.42 bits per heavy atom. The maximum Gasteiger partial charge on any atom is 0.433 e. The normalized spacial score (nSPS) is 11.9. The summed E-state index contributed by atoms with van der Waals surface area (Å²) >= 11 is 0. The largest absolute Gasteiger partial charge is 0.433 e. The Bertz CT molecular complexity index is 723. The average molecular weight is 262 g/mol. The van der Waals surface area contributed by atoms with Crippen LogP contribution in [0.25, 0.3) is 21.9 Å². The van der Waals surface area contributed by atoms with E-state index in [0.29, 0.717) is 5.56 Å². The summed E-state index contributed by atoms with van der Waals surface area (Å²) in [4.78, 5) is 0. The molecule has 0 aliphatic carbocycles. The van der Waals surface area contributed by atoms with Crippen molar-refractivity contribution in [1.82, 2.24) is 10.2 Å². The fourth-order valence-corrected chi connectivity index (χ4v) is 2.17. The Kier molecular flexibility index (Phi) is 2.55. The third-order valence-electron chi connectivity index (χ3n) is 3.00. The molecule has 0 amide bonds. The van der Waals surface area contributed by atoms with Crippen LogP contribution >= 0.6 is 0 Å². The number of aromatic amines is 1. The molecule has 1 aromatic heterocycles. The van der Waals surface area contributed by atoms with Crippen LogP contribution in [0.1, 0.15) is 5.69 Å². The first-order valence-electron chi connectivity index (χ1n) is 5.66. The number of benzene rings is 2. The Balaban J connectivity index is 2.29. The number of nitrogens with one attached hydrogen (secondary N) is 1. The van der Waals surface area contributed by atoms with Crippen molar-refractivity contribution in [2.24, 2.45) is 0 Å². The van der Waals surface area contributed by atoms with Crippen LogP contribution < -0.4 is 0 Å². The van der Waals surface area contributed by atoms with E-state index < -0.39 is 11.9 Å². The zero-order valence-corrected chi connectivity index (χ0v) is 9.70. The van der Waals surface area contributed by atoms with E-state index in [-0.39, 0.29) is 5.56 Å². The average Bonchev–Trinajstić information content (AvgIpc) is 2.87. The van der Waals surface area contributed by atoms with E-state index >= 15 is 0 Å². The molecule has 0 spiro atoms. The van der Waals surface area contributed by atoms with Gasteiger partial charge < -0.3 is 0 Å². The van der Waals surface area contributed by atoms with Crippen molar-refractivity contribution in [2.45, 2.75) is 6.18 Å². The van der Waals surface area contributed by atoms with E-state index in [0.717, 1.165) is 10.8 Å². The molecular formula is C14H9F3N2. The van der Waals surface area contributed by atoms with E-state index in [1.165, 1.54) is 6.20 Å². The molecule has 0 aliphatic rings. The quantitative estimate of drug-likeness (QED) is 0.697. The molecule has 96 valence electrons. The van der Waals surface area contributed by atoms with Crippen LogP contribution in [0.4, 0.5) is 13.2 Å². The number of alkyl halides is 3. The number of hydrogen-bond acceptors (Lipinski definition) is 1. The minimum atomic E-state index is -4.44. The highest BCUT2D eigenvalue weighted by molar-refractivity contribution is 5.97. The fourth-order valence-electron chi connectivity index (χ4n) is 2.17. The molecular weight excluding hydrogens is 253 g/mol. The molecule has 3 aromatic rings. The predicted octanol–water partition coefficient (Wildman–Crippen LogP) is 4.25.